The third-order valence-electron chi connectivity index (χ3n) is 3.79. The molecule has 0 saturated heterocycles. The van der Waals surface area contributed by atoms with Crippen molar-refractivity contribution in [1.29, 1.82) is 0 Å². The molecular formula is C17H18ClNO4S. The van der Waals surface area contributed by atoms with E-state index in [9.17, 15) is 8.42 Å². The molecule has 0 unspecified atom stereocenters. The topological polar surface area (TPSA) is 55.8 Å². The highest BCUT2D eigenvalue weighted by molar-refractivity contribution is 7.89. The van der Waals surface area contributed by atoms with E-state index in [4.69, 9.17) is 21.1 Å². The Kier molecular flexibility index (Phi) is 4.71. The molecule has 5 nitrogen and oxygen atoms in total. The van der Waals surface area contributed by atoms with E-state index in [-0.39, 0.29) is 11.4 Å². The van der Waals surface area contributed by atoms with Crippen molar-refractivity contribution < 1.29 is 17.9 Å². The van der Waals surface area contributed by atoms with Crippen LogP contribution in [0.3, 0.4) is 0 Å². The Labute approximate surface area is 146 Å². The molecule has 1 aliphatic rings. The van der Waals surface area contributed by atoms with Crippen LogP contribution >= 0.6 is 11.6 Å². The molecule has 3 rings (SSSR count). The maximum Gasteiger partial charge on any atom is 0.243 e. The van der Waals surface area contributed by atoms with Crippen molar-refractivity contribution in [2.24, 2.45) is 0 Å². The second kappa shape index (κ2) is 6.63. The molecule has 2 aromatic carbocycles. The number of fused-ring (bicyclic) bond motifs is 1. The number of ether oxygens (including phenoxy) is 2. The molecule has 0 radical (unpaired) electrons. The van der Waals surface area contributed by atoms with Gasteiger partial charge in [0.1, 0.15) is 13.2 Å². The van der Waals surface area contributed by atoms with Gasteiger partial charge in [-0.15, -0.1) is 0 Å². The van der Waals surface area contributed by atoms with Crippen molar-refractivity contribution in [3.05, 3.63) is 52.5 Å². The fraction of sp³-hybridized carbons (Fsp3) is 0.294. The van der Waals surface area contributed by atoms with Crippen molar-refractivity contribution in [2.45, 2.75) is 18.4 Å². The standard InChI is InChI=1S/C17H18ClNO4S/c1-12-3-5-14(6-4-12)24(20,21)19(2)11-13-9-15(18)17-16(10-13)22-7-8-23-17/h3-6,9-10H,7-8,11H2,1-2H3. The van der Waals surface area contributed by atoms with Gasteiger partial charge in [0.05, 0.1) is 9.92 Å². The Morgan fingerprint density at radius 3 is 2.50 bits per heavy atom. The summed E-state index contributed by atoms with van der Waals surface area (Å²) in [5.74, 6) is 1.06. The monoisotopic (exact) mass is 367 g/mol. The lowest BCUT2D eigenvalue weighted by molar-refractivity contribution is 0.171. The summed E-state index contributed by atoms with van der Waals surface area (Å²) in [7, 11) is -2.03. The molecule has 0 spiro atoms. The summed E-state index contributed by atoms with van der Waals surface area (Å²) in [6.07, 6.45) is 0. The van der Waals surface area contributed by atoms with Gasteiger partial charge in [0.25, 0.3) is 0 Å². The lowest BCUT2D eigenvalue weighted by Gasteiger charge is -2.22. The molecule has 0 fully saturated rings. The smallest absolute Gasteiger partial charge is 0.243 e. The second-order valence-electron chi connectivity index (χ2n) is 5.68. The SMILES string of the molecule is Cc1ccc(S(=O)(=O)N(C)Cc2cc(Cl)c3c(c2)OCCO3)cc1. The third kappa shape index (κ3) is 3.36. The van der Waals surface area contributed by atoms with E-state index >= 15 is 0 Å². The van der Waals surface area contributed by atoms with Gasteiger partial charge in [-0.05, 0) is 36.8 Å². The highest BCUT2D eigenvalue weighted by atomic mass is 35.5. The number of aryl methyl sites for hydroxylation is 1. The minimum atomic E-state index is -3.57. The average Bonchev–Trinajstić information content (AvgIpc) is 2.55. The summed E-state index contributed by atoms with van der Waals surface area (Å²) in [5, 5.41) is 0.420. The van der Waals surface area contributed by atoms with Crippen molar-refractivity contribution in [2.75, 3.05) is 20.3 Å². The van der Waals surface area contributed by atoms with E-state index in [2.05, 4.69) is 0 Å². The number of halogens is 1. The van der Waals surface area contributed by atoms with E-state index < -0.39 is 10.0 Å². The molecule has 0 atom stereocenters. The Morgan fingerprint density at radius 1 is 1.12 bits per heavy atom. The van der Waals surface area contributed by atoms with Crippen LogP contribution in [-0.2, 0) is 16.6 Å². The van der Waals surface area contributed by atoms with Crippen molar-refractivity contribution in [3.8, 4) is 11.5 Å². The molecule has 0 saturated carbocycles. The summed E-state index contributed by atoms with van der Waals surface area (Å²) in [4.78, 5) is 0.263. The van der Waals surface area contributed by atoms with Crippen LogP contribution in [0.4, 0.5) is 0 Å². The normalized spacial score (nSPS) is 14.0. The van der Waals surface area contributed by atoms with Gasteiger partial charge in [-0.1, -0.05) is 29.3 Å². The largest absolute Gasteiger partial charge is 0.486 e. The highest BCUT2D eigenvalue weighted by Crippen LogP contribution is 2.38. The Hall–Kier alpha value is -1.76. The molecule has 7 heteroatoms. The van der Waals surface area contributed by atoms with Crippen LogP contribution < -0.4 is 9.47 Å². The van der Waals surface area contributed by atoms with E-state index in [0.717, 1.165) is 11.1 Å². The molecule has 128 valence electrons. The fourth-order valence-corrected chi connectivity index (χ4v) is 3.93. The number of sulfonamides is 1. The van der Waals surface area contributed by atoms with E-state index in [1.165, 1.54) is 4.31 Å². The second-order valence-corrected chi connectivity index (χ2v) is 8.13. The van der Waals surface area contributed by atoms with Crippen molar-refractivity contribution in [1.82, 2.24) is 4.31 Å². The number of hydrogen-bond acceptors (Lipinski definition) is 4. The van der Waals surface area contributed by atoms with Crippen LogP contribution in [0.2, 0.25) is 5.02 Å². The quantitative estimate of drug-likeness (QED) is 0.832. The average molecular weight is 368 g/mol. The molecule has 1 heterocycles. The third-order valence-corrected chi connectivity index (χ3v) is 5.89. The molecule has 1 aliphatic heterocycles. The molecule has 24 heavy (non-hydrogen) atoms. The summed E-state index contributed by atoms with van der Waals surface area (Å²) in [5.41, 5.74) is 1.75. The summed E-state index contributed by atoms with van der Waals surface area (Å²) < 4.78 is 37.6. The maximum atomic E-state index is 12.7. The lowest BCUT2D eigenvalue weighted by atomic mass is 10.2. The summed E-state index contributed by atoms with van der Waals surface area (Å²) in [6, 6.07) is 10.2. The van der Waals surface area contributed by atoms with Gasteiger partial charge < -0.3 is 9.47 Å². The Morgan fingerprint density at radius 2 is 1.79 bits per heavy atom. The van der Waals surface area contributed by atoms with Crippen LogP contribution in [0.15, 0.2) is 41.3 Å². The Balaban J connectivity index is 1.85. The van der Waals surface area contributed by atoms with E-state index in [1.807, 2.05) is 6.92 Å². The zero-order valence-electron chi connectivity index (χ0n) is 13.5. The maximum absolute atomic E-state index is 12.7. The van der Waals surface area contributed by atoms with Crippen LogP contribution in [-0.4, -0.2) is 33.0 Å². The van der Waals surface area contributed by atoms with Gasteiger partial charge >= 0.3 is 0 Å². The first kappa shape index (κ1) is 17.1. The first-order valence-corrected chi connectivity index (χ1v) is 9.31. The predicted octanol–water partition coefficient (Wildman–Crippen LogP) is 3.24. The first-order valence-electron chi connectivity index (χ1n) is 7.49. The molecule has 0 amide bonds. The van der Waals surface area contributed by atoms with Crippen LogP contribution in [0.5, 0.6) is 11.5 Å². The lowest BCUT2D eigenvalue weighted by Crippen LogP contribution is -2.26. The molecule has 0 bridgehead atoms. The molecule has 0 N–H and O–H groups in total. The Bertz CT molecular complexity index is 850. The fourth-order valence-electron chi connectivity index (χ4n) is 2.49. The van der Waals surface area contributed by atoms with Gasteiger partial charge in [0.2, 0.25) is 10.0 Å². The van der Waals surface area contributed by atoms with Crippen LogP contribution in [0.25, 0.3) is 0 Å². The minimum Gasteiger partial charge on any atom is -0.486 e. The predicted molar refractivity (Wildman–Crippen MR) is 92.3 cm³/mol. The van der Waals surface area contributed by atoms with Crippen molar-refractivity contribution >= 4 is 21.6 Å². The van der Waals surface area contributed by atoms with E-state index in [0.29, 0.717) is 29.7 Å². The summed E-state index contributed by atoms with van der Waals surface area (Å²) in [6.45, 7) is 3.00. The van der Waals surface area contributed by atoms with Gasteiger partial charge in [-0.2, -0.15) is 4.31 Å². The number of benzene rings is 2. The van der Waals surface area contributed by atoms with Crippen LogP contribution in [0.1, 0.15) is 11.1 Å². The molecular weight excluding hydrogens is 350 g/mol. The zero-order chi connectivity index (χ0) is 17.3. The number of hydrogen-bond donors (Lipinski definition) is 0. The zero-order valence-corrected chi connectivity index (χ0v) is 15.0. The first-order chi connectivity index (χ1) is 11.4. The van der Waals surface area contributed by atoms with Crippen LogP contribution in [0, 0.1) is 6.92 Å². The molecule has 0 aliphatic carbocycles. The number of rotatable bonds is 4. The summed E-state index contributed by atoms with van der Waals surface area (Å²) >= 11 is 6.21. The molecule has 0 aromatic heterocycles. The minimum absolute atomic E-state index is 0.187. The highest BCUT2D eigenvalue weighted by Gasteiger charge is 2.23. The van der Waals surface area contributed by atoms with Gasteiger partial charge in [0.15, 0.2) is 11.5 Å². The van der Waals surface area contributed by atoms with E-state index in [1.54, 1.807) is 43.4 Å². The van der Waals surface area contributed by atoms with Crippen molar-refractivity contribution in [3.63, 3.8) is 0 Å². The van der Waals surface area contributed by atoms with Gasteiger partial charge in [-0.25, -0.2) is 8.42 Å². The van der Waals surface area contributed by atoms with Gasteiger partial charge in [-0.3, -0.25) is 0 Å². The molecule has 2 aromatic rings. The number of nitrogens with zero attached hydrogens (tertiary/aromatic N) is 1. The van der Waals surface area contributed by atoms with Gasteiger partial charge in [0, 0.05) is 13.6 Å².